The quantitative estimate of drug-likeness (QED) is 0.646. The van der Waals surface area contributed by atoms with Crippen LogP contribution in [0.4, 0.5) is 10.1 Å². The maximum Gasteiger partial charge on any atom is 0.338 e. The molecule has 0 atom stereocenters. The molecule has 0 fully saturated rings. The number of nitrogens with zero attached hydrogens (tertiary/aromatic N) is 2. The Morgan fingerprint density at radius 3 is 2.75 bits per heavy atom. The van der Waals surface area contributed by atoms with E-state index >= 15 is 0 Å². The highest BCUT2D eigenvalue weighted by atomic mass is 19.1. The van der Waals surface area contributed by atoms with Gasteiger partial charge in [0.2, 0.25) is 0 Å². The van der Waals surface area contributed by atoms with Gasteiger partial charge < -0.3 is 10.1 Å². The van der Waals surface area contributed by atoms with Crippen molar-refractivity contribution >= 4 is 23.2 Å². The molecule has 3 aromatic rings. The van der Waals surface area contributed by atoms with Gasteiger partial charge in [-0.05, 0) is 50.6 Å². The third-order valence-electron chi connectivity index (χ3n) is 4.06. The second-order valence-corrected chi connectivity index (χ2v) is 6.72. The maximum atomic E-state index is 13.7. The molecule has 146 valence electrons. The number of fused-ring (bicyclic) bond motifs is 1. The summed E-state index contributed by atoms with van der Waals surface area (Å²) in [6.07, 6.45) is 2.39. The minimum atomic E-state index is -0.463. The number of pyridine rings is 1. The van der Waals surface area contributed by atoms with Crippen LogP contribution in [0.3, 0.4) is 0 Å². The van der Waals surface area contributed by atoms with Crippen LogP contribution in [0.25, 0.3) is 5.65 Å². The molecule has 0 aliphatic carbocycles. The lowest BCUT2D eigenvalue weighted by Gasteiger charge is -2.10. The zero-order valence-electron chi connectivity index (χ0n) is 16.0. The molecule has 3 rings (SSSR count). The number of ether oxygens (including phenoxy) is 1. The van der Waals surface area contributed by atoms with Gasteiger partial charge in [0.25, 0.3) is 5.91 Å². The molecule has 0 aliphatic rings. The summed E-state index contributed by atoms with van der Waals surface area (Å²) in [6, 6.07) is 9.34. The Balaban J connectivity index is 1.92. The molecule has 0 aliphatic heterocycles. The highest BCUT2D eigenvalue weighted by Gasteiger charge is 2.20. The summed E-state index contributed by atoms with van der Waals surface area (Å²) in [5.74, 6) is -1.34. The number of carbonyl (C=O) groups excluding carboxylic acids is 2. The summed E-state index contributed by atoms with van der Waals surface area (Å²) >= 11 is 0. The SMILES string of the molecule is CCCc1nc2ccc(F)cn2c1C(=O)Nc1cccc(C(=O)OC(C)C)c1. The van der Waals surface area contributed by atoms with E-state index in [2.05, 4.69) is 10.3 Å². The van der Waals surface area contributed by atoms with Crippen LogP contribution in [0.2, 0.25) is 0 Å². The average molecular weight is 383 g/mol. The number of nitrogens with one attached hydrogen (secondary N) is 1. The molecule has 1 N–H and O–H groups in total. The molecule has 2 aromatic heterocycles. The minimum absolute atomic E-state index is 0.240. The fraction of sp³-hybridized carbons (Fsp3) is 0.286. The smallest absolute Gasteiger partial charge is 0.338 e. The summed E-state index contributed by atoms with van der Waals surface area (Å²) in [4.78, 5) is 29.5. The van der Waals surface area contributed by atoms with Gasteiger partial charge in [0.15, 0.2) is 0 Å². The topological polar surface area (TPSA) is 72.7 Å². The number of hydrogen-bond donors (Lipinski definition) is 1. The van der Waals surface area contributed by atoms with Gasteiger partial charge in [-0.1, -0.05) is 19.4 Å². The molecule has 1 amide bonds. The Morgan fingerprint density at radius 2 is 2.04 bits per heavy atom. The van der Waals surface area contributed by atoms with Crippen LogP contribution in [0.15, 0.2) is 42.6 Å². The van der Waals surface area contributed by atoms with Crippen LogP contribution in [-0.4, -0.2) is 27.4 Å². The molecule has 6 nitrogen and oxygen atoms in total. The number of esters is 1. The molecule has 7 heteroatoms. The predicted molar refractivity (Wildman–Crippen MR) is 104 cm³/mol. The van der Waals surface area contributed by atoms with Crippen molar-refractivity contribution in [2.24, 2.45) is 0 Å². The van der Waals surface area contributed by atoms with E-state index in [1.807, 2.05) is 6.92 Å². The van der Waals surface area contributed by atoms with Gasteiger partial charge in [-0.25, -0.2) is 14.2 Å². The van der Waals surface area contributed by atoms with E-state index in [9.17, 15) is 14.0 Å². The lowest BCUT2D eigenvalue weighted by Crippen LogP contribution is -2.17. The van der Waals surface area contributed by atoms with Crippen molar-refractivity contribution < 1.29 is 18.7 Å². The summed E-state index contributed by atoms with van der Waals surface area (Å²) in [6.45, 7) is 5.52. The highest BCUT2D eigenvalue weighted by molar-refractivity contribution is 6.05. The summed E-state index contributed by atoms with van der Waals surface area (Å²) in [5, 5.41) is 2.77. The molecule has 0 bridgehead atoms. The third kappa shape index (κ3) is 4.19. The van der Waals surface area contributed by atoms with Crippen molar-refractivity contribution in [3.05, 3.63) is 65.4 Å². The van der Waals surface area contributed by atoms with Crippen LogP contribution in [0, 0.1) is 5.82 Å². The van der Waals surface area contributed by atoms with E-state index in [4.69, 9.17) is 4.74 Å². The molecule has 2 heterocycles. The van der Waals surface area contributed by atoms with Gasteiger partial charge >= 0.3 is 5.97 Å². The number of hydrogen-bond acceptors (Lipinski definition) is 4. The van der Waals surface area contributed by atoms with E-state index in [0.29, 0.717) is 29.0 Å². The average Bonchev–Trinajstić information content (AvgIpc) is 2.99. The van der Waals surface area contributed by atoms with Gasteiger partial charge in [-0.15, -0.1) is 0 Å². The minimum Gasteiger partial charge on any atom is -0.459 e. The Kier molecular flexibility index (Phi) is 5.73. The number of benzene rings is 1. The summed E-state index contributed by atoms with van der Waals surface area (Å²) in [7, 11) is 0. The highest BCUT2D eigenvalue weighted by Crippen LogP contribution is 2.19. The number of aryl methyl sites for hydroxylation is 1. The van der Waals surface area contributed by atoms with Gasteiger partial charge in [0.1, 0.15) is 17.2 Å². The molecule has 0 saturated carbocycles. The van der Waals surface area contributed by atoms with Crippen LogP contribution in [0.1, 0.15) is 53.7 Å². The van der Waals surface area contributed by atoms with E-state index in [1.165, 1.54) is 22.7 Å². The van der Waals surface area contributed by atoms with E-state index in [-0.39, 0.29) is 11.8 Å². The lowest BCUT2D eigenvalue weighted by molar-refractivity contribution is 0.0377. The van der Waals surface area contributed by atoms with Crippen LogP contribution in [-0.2, 0) is 11.2 Å². The summed E-state index contributed by atoms with van der Waals surface area (Å²) in [5.41, 5.74) is 2.17. The molecule has 0 radical (unpaired) electrons. The van der Waals surface area contributed by atoms with Crippen molar-refractivity contribution in [1.29, 1.82) is 0 Å². The zero-order valence-corrected chi connectivity index (χ0v) is 16.0. The summed E-state index contributed by atoms with van der Waals surface area (Å²) < 4.78 is 20.4. The molecular weight excluding hydrogens is 361 g/mol. The van der Waals surface area contributed by atoms with Gasteiger partial charge in [0, 0.05) is 11.9 Å². The first-order valence-corrected chi connectivity index (χ1v) is 9.18. The van der Waals surface area contributed by atoms with Crippen molar-refractivity contribution in [1.82, 2.24) is 9.38 Å². The Labute approximate surface area is 162 Å². The van der Waals surface area contributed by atoms with Crippen molar-refractivity contribution in [3.8, 4) is 0 Å². The number of aromatic nitrogens is 2. The number of carbonyl (C=O) groups is 2. The number of imidazole rings is 1. The Morgan fingerprint density at radius 1 is 1.25 bits per heavy atom. The number of anilines is 1. The second kappa shape index (κ2) is 8.21. The Bertz CT molecular complexity index is 1030. The molecule has 28 heavy (non-hydrogen) atoms. The first-order valence-electron chi connectivity index (χ1n) is 9.18. The van der Waals surface area contributed by atoms with Crippen molar-refractivity contribution in [2.45, 2.75) is 39.7 Å². The van der Waals surface area contributed by atoms with E-state index in [1.54, 1.807) is 38.1 Å². The van der Waals surface area contributed by atoms with E-state index in [0.717, 1.165) is 6.42 Å². The fourth-order valence-electron chi connectivity index (χ4n) is 2.92. The zero-order chi connectivity index (χ0) is 20.3. The fourth-order valence-corrected chi connectivity index (χ4v) is 2.92. The van der Waals surface area contributed by atoms with Crippen LogP contribution in [0.5, 0.6) is 0 Å². The molecule has 1 aromatic carbocycles. The number of rotatable bonds is 6. The van der Waals surface area contributed by atoms with Gasteiger partial charge in [-0.3, -0.25) is 9.20 Å². The second-order valence-electron chi connectivity index (χ2n) is 6.72. The van der Waals surface area contributed by atoms with Crippen LogP contribution >= 0.6 is 0 Å². The third-order valence-corrected chi connectivity index (χ3v) is 4.06. The van der Waals surface area contributed by atoms with Gasteiger partial charge in [0.05, 0.1) is 17.4 Å². The standard InChI is InChI=1S/C21H22FN3O3/c1-4-6-17-19(25-12-15(22)9-10-18(25)24-17)20(26)23-16-8-5-7-14(11-16)21(27)28-13(2)3/h5,7-13H,4,6H2,1-3H3,(H,23,26). The number of amides is 1. The first-order chi connectivity index (χ1) is 13.4. The Hall–Kier alpha value is -3.22. The van der Waals surface area contributed by atoms with Gasteiger partial charge in [-0.2, -0.15) is 0 Å². The maximum absolute atomic E-state index is 13.7. The van der Waals surface area contributed by atoms with Crippen LogP contribution < -0.4 is 5.32 Å². The normalized spacial score (nSPS) is 11.0. The van der Waals surface area contributed by atoms with E-state index < -0.39 is 17.7 Å². The molecule has 0 saturated heterocycles. The predicted octanol–water partition coefficient (Wildman–Crippen LogP) is 4.24. The van der Waals surface area contributed by atoms with Crippen molar-refractivity contribution in [3.63, 3.8) is 0 Å². The molecule has 0 spiro atoms. The largest absolute Gasteiger partial charge is 0.459 e. The molecule has 0 unspecified atom stereocenters. The molecular formula is C21H22FN3O3. The first kappa shape index (κ1) is 19.5. The lowest BCUT2D eigenvalue weighted by atomic mass is 10.1. The number of halogens is 1. The monoisotopic (exact) mass is 383 g/mol. The van der Waals surface area contributed by atoms with Crippen molar-refractivity contribution in [2.75, 3.05) is 5.32 Å².